The van der Waals surface area contributed by atoms with E-state index in [0.717, 1.165) is 63.4 Å². The second-order valence-electron chi connectivity index (χ2n) is 7.17. The zero-order valence-electron chi connectivity index (χ0n) is 15.5. The van der Waals surface area contributed by atoms with Gasteiger partial charge in [-0.25, -0.2) is 0 Å². The smallest absolute Gasteiger partial charge is 0.164 e. The van der Waals surface area contributed by atoms with Crippen LogP contribution in [0.4, 0.5) is 5.69 Å². The molecule has 1 aromatic heterocycles. The maximum atomic E-state index is 12.0. The van der Waals surface area contributed by atoms with Crippen molar-refractivity contribution in [2.45, 2.75) is 25.8 Å². The molecule has 0 unspecified atom stereocenters. The number of Topliss-reactive ketones (excluding diaryl/α,β-unsaturated/α-hetero) is 1. The van der Waals surface area contributed by atoms with Gasteiger partial charge >= 0.3 is 0 Å². The van der Waals surface area contributed by atoms with Gasteiger partial charge in [0.1, 0.15) is 5.75 Å². The van der Waals surface area contributed by atoms with E-state index in [-0.39, 0.29) is 0 Å². The van der Waals surface area contributed by atoms with Gasteiger partial charge in [-0.05, 0) is 43.2 Å². The maximum absolute atomic E-state index is 12.0. The van der Waals surface area contributed by atoms with E-state index in [1.807, 2.05) is 18.2 Å². The van der Waals surface area contributed by atoms with Crippen LogP contribution in [0.5, 0.6) is 5.75 Å². The highest BCUT2D eigenvalue weighted by Crippen LogP contribution is 2.23. The minimum Gasteiger partial charge on any atom is -0.497 e. The number of methoxy groups -OCH3 is 1. The Labute approximate surface area is 155 Å². The summed E-state index contributed by atoms with van der Waals surface area (Å²) in [6, 6.07) is 10.3. The molecule has 0 atom stereocenters. The Kier molecular flexibility index (Phi) is 4.98. The number of carbonyl (C=O) groups is 1. The van der Waals surface area contributed by atoms with Crippen LogP contribution in [0.3, 0.4) is 0 Å². The summed E-state index contributed by atoms with van der Waals surface area (Å²) >= 11 is 0. The highest BCUT2D eigenvalue weighted by Gasteiger charge is 2.21. The van der Waals surface area contributed by atoms with Gasteiger partial charge in [-0.3, -0.25) is 9.69 Å². The van der Waals surface area contributed by atoms with Crippen LogP contribution in [0.2, 0.25) is 0 Å². The summed E-state index contributed by atoms with van der Waals surface area (Å²) in [5, 5.41) is 0. The molecule has 5 nitrogen and oxygen atoms in total. The van der Waals surface area contributed by atoms with Crippen LogP contribution in [-0.4, -0.2) is 55.1 Å². The summed E-state index contributed by atoms with van der Waals surface area (Å²) in [4.78, 5) is 16.9. The lowest BCUT2D eigenvalue weighted by Crippen LogP contribution is -2.47. The summed E-state index contributed by atoms with van der Waals surface area (Å²) in [6.07, 6.45) is 4.85. The molecular formula is C21H27N3O2. The van der Waals surface area contributed by atoms with Crippen LogP contribution >= 0.6 is 0 Å². The highest BCUT2D eigenvalue weighted by molar-refractivity contribution is 5.98. The van der Waals surface area contributed by atoms with Gasteiger partial charge in [0, 0.05) is 68.8 Å². The number of hydrogen-bond acceptors (Lipinski definition) is 4. The molecule has 26 heavy (non-hydrogen) atoms. The van der Waals surface area contributed by atoms with Gasteiger partial charge in [0.2, 0.25) is 0 Å². The molecule has 2 heterocycles. The highest BCUT2D eigenvalue weighted by atomic mass is 16.5. The Balaban J connectivity index is 1.30. The number of hydrogen-bond donors (Lipinski definition) is 0. The SMILES string of the molecule is COc1ccc(N2CCN(CCn3ccc4c3CCCC4=O)CC2)cc1. The van der Waals surface area contributed by atoms with Crippen LogP contribution < -0.4 is 9.64 Å². The van der Waals surface area contributed by atoms with Gasteiger partial charge in [-0.15, -0.1) is 0 Å². The van der Waals surface area contributed by atoms with Crippen molar-refractivity contribution in [1.29, 1.82) is 0 Å². The molecule has 0 bridgehead atoms. The van der Waals surface area contributed by atoms with E-state index >= 15 is 0 Å². The molecule has 1 saturated heterocycles. The van der Waals surface area contributed by atoms with Gasteiger partial charge < -0.3 is 14.2 Å². The average molecular weight is 353 g/mol. The van der Waals surface area contributed by atoms with Crippen LogP contribution in [0.15, 0.2) is 36.5 Å². The van der Waals surface area contributed by atoms with Crippen molar-refractivity contribution in [3.63, 3.8) is 0 Å². The average Bonchev–Trinajstić information content (AvgIpc) is 3.11. The number of rotatable bonds is 5. The molecule has 1 aliphatic carbocycles. The number of nitrogens with zero attached hydrogens (tertiary/aromatic N) is 3. The molecule has 1 aliphatic heterocycles. The molecule has 5 heteroatoms. The lowest BCUT2D eigenvalue weighted by molar-refractivity contribution is 0.0971. The number of anilines is 1. The summed E-state index contributed by atoms with van der Waals surface area (Å²) in [7, 11) is 1.70. The lowest BCUT2D eigenvalue weighted by Gasteiger charge is -2.36. The van der Waals surface area contributed by atoms with E-state index in [1.54, 1.807) is 7.11 Å². The molecule has 0 N–H and O–H groups in total. The summed E-state index contributed by atoms with van der Waals surface area (Å²) in [6.45, 7) is 6.28. The Hall–Kier alpha value is -2.27. The van der Waals surface area contributed by atoms with Crippen molar-refractivity contribution in [2.75, 3.05) is 44.7 Å². The van der Waals surface area contributed by atoms with E-state index in [9.17, 15) is 4.79 Å². The molecule has 2 aromatic rings. The van der Waals surface area contributed by atoms with Crippen molar-refractivity contribution in [3.8, 4) is 5.75 Å². The fraction of sp³-hybridized carbons (Fsp3) is 0.476. The molecule has 0 amide bonds. The standard InChI is InChI=1S/C21H27N3O2/c1-26-18-7-5-17(6-8-18)23-14-11-22(12-15-23)13-16-24-10-9-19-20(24)3-2-4-21(19)25/h5-10H,2-4,11-16H2,1H3. The normalized spacial score (nSPS) is 18.0. The van der Waals surface area contributed by atoms with E-state index in [1.165, 1.54) is 11.4 Å². The van der Waals surface area contributed by atoms with Crippen LogP contribution in [0.25, 0.3) is 0 Å². The quantitative estimate of drug-likeness (QED) is 0.828. The molecule has 1 aromatic carbocycles. The van der Waals surface area contributed by atoms with E-state index in [2.05, 4.69) is 32.7 Å². The number of carbonyl (C=O) groups excluding carboxylic acids is 1. The van der Waals surface area contributed by atoms with Gasteiger partial charge in [-0.1, -0.05) is 0 Å². The van der Waals surface area contributed by atoms with Gasteiger partial charge in [0.05, 0.1) is 7.11 Å². The van der Waals surface area contributed by atoms with Crippen molar-refractivity contribution in [2.24, 2.45) is 0 Å². The first kappa shape index (κ1) is 17.2. The number of aromatic nitrogens is 1. The van der Waals surface area contributed by atoms with Crippen molar-refractivity contribution in [3.05, 3.63) is 47.8 Å². The number of benzene rings is 1. The largest absolute Gasteiger partial charge is 0.497 e. The zero-order chi connectivity index (χ0) is 17.9. The van der Waals surface area contributed by atoms with Crippen LogP contribution in [0, 0.1) is 0 Å². The fourth-order valence-corrected chi connectivity index (χ4v) is 4.07. The Bertz CT molecular complexity index is 758. The van der Waals surface area contributed by atoms with Crippen molar-refractivity contribution < 1.29 is 9.53 Å². The molecule has 0 saturated carbocycles. The first-order valence-corrected chi connectivity index (χ1v) is 9.57. The second-order valence-corrected chi connectivity index (χ2v) is 7.17. The zero-order valence-corrected chi connectivity index (χ0v) is 15.5. The monoisotopic (exact) mass is 353 g/mol. The number of fused-ring (bicyclic) bond motifs is 1. The summed E-state index contributed by atoms with van der Waals surface area (Å²) in [5.74, 6) is 1.22. The predicted octanol–water partition coefficient (Wildman–Crippen LogP) is 2.84. The maximum Gasteiger partial charge on any atom is 0.164 e. The first-order valence-electron chi connectivity index (χ1n) is 9.57. The van der Waals surface area contributed by atoms with E-state index < -0.39 is 0 Å². The van der Waals surface area contributed by atoms with Gasteiger partial charge in [0.25, 0.3) is 0 Å². The van der Waals surface area contributed by atoms with Gasteiger partial charge in [0.15, 0.2) is 5.78 Å². The predicted molar refractivity (Wildman–Crippen MR) is 103 cm³/mol. The third-order valence-corrected chi connectivity index (χ3v) is 5.66. The molecule has 4 rings (SSSR count). The Morgan fingerprint density at radius 2 is 1.73 bits per heavy atom. The van der Waals surface area contributed by atoms with Crippen LogP contribution in [-0.2, 0) is 13.0 Å². The molecule has 138 valence electrons. The molecule has 1 fully saturated rings. The summed E-state index contributed by atoms with van der Waals surface area (Å²) in [5.41, 5.74) is 3.47. The fourth-order valence-electron chi connectivity index (χ4n) is 4.07. The summed E-state index contributed by atoms with van der Waals surface area (Å²) < 4.78 is 7.53. The van der Waals surface area contributed by atoms with Crippen molar-refractivity contribution >= 4 is 11.5 Å². The third kappa shape index (κ3) is 3.49. The molecule has 0 spiro atoms. The van der Waals surface area contributed by atoms with Gasteiger partial charge in [-0.2, -0.15) is 0 Å². The number of piperazine rings is 1. The first-order chi connectivity index (χ1) is 12.7. The minimum absolute atomic E-state index is 0.318. The van der Waals surface area contributed by atoms with E-state index in [0.29, 0.717) is 12.2 Å². The van der Waals surface area contributed by atoms with Crippen molar-refractivity contribution in [1.82, 2.24) is 9.47 Å². The minimum atomic E-state index is 0.318. The Morgan fingerprint density at radius 1 is 0.962 bits per heavy atom. The van der Waals surface area contributed by atoms with Crippen LogP contribution in [0.1, 0.15) is 28.9 Å². The second kappa shape index (κ2) is 7.54. The molecular weight excluding hydrogens is 326 g/mol. The number of ether oxygens (including phenoxy) is 1. The third-order valence-electron chi connectivity index (χ3n) is 5.66. The van der Waals surface area contributed by atoms with E-state index in [4.69, 9.17) is 4.74 Å². The lowest BCUT2D eigenvalue weighted by atomic mass is 9.97. The molecule has 0 radical (unpaired) electrons. The molecule has 2 aliphatic rings. The topological polar surface area (TPSA) is 37.7 Å². The number of ketones is 1. The Morgan fingerprint density at radius 3 is 2.46 bits per heavy atom.